The van der Waals surface area contributed by atoms with Gasteiger partial charge in [-0.3, -0.25) is 4.99 Å². The van der Waals surface area contributed by atoms with Crippen molar-refractivity contribution in [2.45, 2.75) is 52.6 Å². The number of guanidine groups is 1. The summed E-state index contributed by atoms with van der Waals surface area (Å²) < 4.78 is 16.3. The Bertz CT molecular complexity index is 505. The number of aryl methyl sites for hydroxylation is 2. The Morgan fingerprint density at radius 3 is 2.88 bits per heavy atom. The number of hydrogen-bond acceptors (Lipinski definition) is 5. The standard InChI is InChI=1S/C18H32N4O3/c1-4-19-18(21-10-6-11-24-16-8-12-23-13-16)20-9-5-7-17-14(2)22-25-15(17)3/h16H,4-13H2,1-3H3,(H2,19,20,21). The van der Waals surface area contributed by atoms with Crippen molar-refractivity contribution < 1.29 is 14.0 Å². The first kappa shape index (κ1) is 19.7. The number of ether oxygens (including phenoxy) is 2. The van der Waals surface area contributed by atoms with Crippen LogP contribution in [-0.2, 0) is 15.9 Å². The summed E-state index contributed by atoms with van der Waals surface area (Å²) in [6.45, 7) is 10.8. The van der Waals surface area contributed by atoms with Crippen LogP contribution in [0.2, 0.25) is 0 Å². The molecule has 1 atom stereocenters. The topological polar surface area (TPSA) is 80.9 Å². The molecule has 2 heterocycles. The highest BCUT2D eigenvalue weighted by atomic mass is 16.5. The van der Waals surface area contributed by atoms with E-state index in [-0.39, 0.29) is 6.10 Å². The molecule has 1 saturated heterocycles. The van der Waals surface area contributed by atoms with E-state index in [0.29, 0.717) is 0 Å². The van der Waals surface area contributed by atoms with E-state index in [1.54, 1.807) is 0 Å². The van der Waals surface area contributed by atoms with Crippen LogP contribution in [0.1, 0.15) is 43.2 Å². The van der Waals surface area contributed by atoms with Crippen LogP contribution in [0.5, 0.6) is 0 Å². The third kappa shape index (κ3) is 7.04. The van der Waals surface area contributed by atoms with Crippen molar-refractivity contribution in [3.8, 4) is 0 Å². The lowest BCUT2D eigenvalue weighted by atomic mass is 10.1. The molecule has 1 aliphatic rings. The first-order valence-corrected chi connectivity index (χ1v) is 9.34. The van der Waals surface area contributed by atoms with Gasteiger partial charge in [-0.2, -0.15) is 0 Å². The first-order chi connectivity index (χ1) is 12.2. The summed E-state index contributed by atoms with van der Waals surface area (Å²) in [7, 11) is 0. The minimum absolute atomic E-state index is 0.284. The predicted molar refractivity (Wildman–Crippen MR) is 98.1 cm³/mol. The molecule has 0 radical (unpaired) electrons. The molecule has 1 aromatic rings. The van der Waals surface area contributed by atoms with Crippen molar-refractivity contribution in [1.82, 2.24) is 15.8 Å². The highest BCUT2D eigenvalue weighted by Gasteiger charge is 2.15. The summed E-state index contributed by atoms with van der Waals surface area (Å²) in [6, 6.07) is 0. The second kappa shape index (κ2) is 11.1. The number of nitrogens with zero attached hydrogens (tertiary/aromatic N) is 2. The van der Waals surface area contributed by atoms with Gasteiger partial charge in [0.15, 0.2) is 5.96 Å². The van der Waals surface area contributed by atoms with E-state index in [2.05, 4.69) is 27.7 Å². The lowest BCUT2D eigenvalue weighted by molar-refractivity contribution is 0.0420. The molecular weight excluding hydrogens is 320 g/mol. The fraction of sp³-hybridized carbons (Fsp3) is 0.778. The molecule has 142 valence electrons. The van der Waals surface area contributed by atoms with Crippen molar-refractivity contribution in [2.24, 2.45) is 4.99 Å². The molecule has 0 saturated carbocycles. The Balaban J connectivity index is 1.61. The smallest absolute Gasteiger partial charge is 0.191 e. The number of aromatic nitrogens is 1. The Morgan fingerprint density at radius 2 is 2.20 bits per heavy atom. The number of hydrogen-bond donors (Lipinski definition) is 2. The van der Waals surface area contributed by atoms with Crippen LogP contribution in [0.25, 0.3) is 0 Å². The van der Waals surface area contributed by atoms with E-state index in [4.69, 9.17) is 14.0 Å². The summed E-state index contributed by atoms with van der Waals surface area (Å²) in [6.07, 6.45) is 4.18. The van der Waals surface area contributed by atoms with Crippen LogP contribution in [-0.4, -0.2) is 56.7 Å². The molecule has 0 aromatic carbocycles. The first-order valence-electron chi connectivity index (χ1n) is 9.34. The molecule has 2 rings (SSSR count). The molecule has 1 fully saturated rings. The van der Waals surface area contributed by atoms with Crippen molar-refractivity contribution in [3.05, 3.63) is 17.0 Å². The third-order valence-corrected chi connectivity index (χ3v) is 4.24. The van der Waals surface area contributed by atoms with E-state index >= 15 is 0 Å². The van der Waals surface area contributed by atoms with Gasteiger partial charge in [0.1, 0.15) is 5.76 Å². The molecule has 7 nitrogen and oxygen atoms in total. The monoisotopic (exact) mass is 352 g/mol. The van der Waals surface area contributed by atoms with Crippen molar-refractivity contribution in [1.29, 1.82) is 0 Å². The van der Waals surface area contributed by atoms with Gasteiger partial charge in [-0.05, 0) is 46.5 Å². The van der Waals surface area contributed by atoms with Crippen LogP contribution >= 0.6 is 0 Å². The van der Waals surface area contributed by atoms with Gasteiger partial charge in [-0.1, -0.05) is 5.16 Å². The second-order valence-corrected chi connectivity index (χ2v) is 6.30. The SMILES string of the molecule is CCNC(=NCCCc1c(C)noc1C)NCCCOC1CCOC1. The Hall–Kier alpha value is -1.60. The predicted octanol–water partition coefficient (Wildman–Crippen LogP) is 1.97. The van der Waals surface area contributed by atoms with Gasteiger partial charge < -0.3 is 24.6 Å². The molecule has 0 spiro atoms. The van der Waals surface area contributed by atoms with E-state index < -0.39 is 0 Å². The Labute approximate surface area is 150 Å². The Kier molecular flexibility index (Phi) is 8.76. The Morgan fingerprint density at radius 1 is 1.32 bits per heavy atom. The average molecular weight is 352 g/mol. The maximum absolute atomic E-state index is 5.77. The lowest BCUT2D eigenvalue weighted by Gasteiger charge is -2.13. The normalized spacial score (nSPS) is 17.9. The maximum Gasteiger partial charge on any atom is 0.191 e. The molecule has 2 N–H and O–H groups in total. The highest BCUT2D eigenvalue weighted by molar-refractivity contribution is 5.79. The average Bonchev–Trinajstić information content (AvgIpc) is 3.22. The van der Waals surface area contributed by atoms with Crippen molar-refractivity contribution in [2.75, 3.05) is 39.5 Å². The van der Waals surface area contributed by atoms with E-state index in [0.717, 1.165) is 82.6 Å². The lowest BCUT2D eigenvalue weighted by Crippen LogP contribution is -2.38. The van der Waals surface area contributed by atoms with E-state index in [1.165, 1.54) is 5.56 Å². The molecule has 0 aliphatic carbocycles. The van der Waals surface area contributed by atoms with E-state index in [9.17, 15) is 0 Å². The summed E-state index contributed by atoms with van der Waals surface area (Å²) >= 11 is 0. The van der Waals surface area contributed by atoms with Crippen molar-refractivity contribution >= 4 is 5.96 Å². The fourth-order valence-electron chi connectivity index (χ4n) is 2.82. The van der Waals surface area contributed by atoms with Gasteiger partial charge in [0.05, 0.1) is 18.4 Å². The van der Waals surface area contributed by atoms with Gasteiger partial charge >= 0.3 is 0 Å². The van der Waals surface area contributed by atoms with Gasteiger partial charge in [0.2, 0.25) is 0 Å². The zero-order valence-corrected chi connectivity index (χ0v) is 15.8. The van der Waals surface area contributed by atoms with E-state index in [1.807, 2.05) is 13.8 Å². The van der Waals surface area contributed by atoms with Crippen molar-refractivity contribution in [3.63, 3.8) is 0 Å². The van der Waals surface area contributed by atoms with Crippen LogP contribution < -0.4 is 10.6 Å². The van der Waals surface area contributed by atoms with Crippen LogP contribution in [0, 0.1) is 13.8 Å². The largest absolute Gasteiger partial charge is 0.379 e. The molecule has 0 bridgehead atoms. The number of aliphatic imine (C=N–C) groups is 1. The van der Waals surface area contributed by atoms with Gasteiger partial charge in [-0.25, -0.2) is 0 Å². The minimum Gasteiger partial charge on any atom is -0.379 e. The van der Waals surface area contributed by atoms with Gasteiger partial charge in [0.25, 0.3) is 0 Å². The van der Waals surface area contributed by atoms with Crippen LogP contribution in [0.4, 0.5) is 0 Å². The molecule has 1 unspecified atom stereocenters. The molecule has 7 heteroatoms. The zero-order valence-electron chi connectivity index (χ0n) is 15.8. The highest BCUT2D eigenvalue weighted by Crippen LogP contribution is 2.14. The molecule has 1 aliphatic heterocycles. The summed E-state index contributed by atoms with van der Waals surface area (Å²) in [5.74, 6) is 1.78. The van der Waals surface area contributed by atoms with Gasteiger partial charge in [-0.15, -0.1) is 0 Å². The molecule has 0 amide bonds. The molecule has 25 heavy (non-hydrogen) atoms. The molecule has 1 aromatic heterocycles. The molecular formula is C18H32N4O3. The minimum atomic E-state index is 0.284. The fourth-order valence-corrected chi connectivity index (χ4v) is 2.82. The second-order valence-electron chi connectivity index (χ2n) is 6.30. The number of nitrogens with one attached hydrogen (secondary N) is 2. The van der Waals surface area contributed by atoms with Gasteiger partial charge in [0, 0.05) is 38.4 Å². The van der Waals surface area contributed by atoms with Crippen LogP contribution in [0.3, 0.4) is 0 Å². The summed E-state index contributed by atoms with van der Waals surface area (Å²) in [5, 5.41) is 10.6. The summed E-state index contributed by atoms with van der Waals surface area (Å²) in [4.78, 5) is 4.63. The quantitative estimate of drug-likeness (QED) is 0.381. The number of rotatable bonds is 10. The zero-order chi connectivity index (χ0) is 17.9. The maximum atomic E-state index is 5.77. The summed E-state index contributed by atoms with van der Waals surface area (Å²) in [5.41, 5.74) is 2.19. The third-order valence-electron chi connectivity index (χ3n) is 4.24. The van der Waals surface area contributed by atoms with Crippen LogP contribution in [0.15, 0.2) is 9.52 Å².